The zero-order valence-corrected chi connectivity index (χ0v) is 50.1. The summed E-state index contributed by atoms with van der Waals surface area (Å²) in [4.78, 5) is 45.7. The van der Waals surface area contributed by atoms with Crippen molar-refractivity contribution in [1.29, 1.82) is 0 Å². The van der Waals surface area contributed by atoms with Crippen LogP contribution in [0.3, 0.4) is 0 Å². The van der Waals surface area contributed by atoms with Crippen LogP contribution >= 0.6 is 0 Å². The van der Waals surface area contributed by atoms with Crippen LogP contribution in [-0.2, 0) is 28.7 Å². The van der Waals surface area contributed by atoms with Crippen molar-refractivity contribution in [3.63, 3.8) is 0 Å². The van der Waals surface area contributed by atoms with Crippen molar-refractivity contribution >= 4 is 61.6 Å². The van der Waals surface area contributed by atoms with E-state index >= 15 is 0 Å². The van der Waals surface area contributed by atoms with E-state index in [9.17, 15) is 29.4 Å². The SMILES string of the molecule is CCCCCCCCCCCCC(=O)OC(CCCCCC)CCCCCCCCCCC(=O)[O-].CCCCCCCCCCCCC(=O)OC(CCCCCC)CCCCCCCCCCC(=O)[O-].[Ca+2]. The normalized spacial score (nSPS) is 11.9. The Kier molecular flexibility index (Phi) is 66.5. The van der Waals surface area contributed by atoms with E-state index in [4.69, 9.17) is 9.47 Å². The summed E-state index contributed by atoms with van der Waals surface area (Å²) in [6, 6.07) is 0. The predicted octanol–water partition coefficient (Wildman–Crippen LogP) is 17.3. The first kappa shape index (κ1) is 74.4. The van der Waals surface area contributed by atoms with Gasteiger partial charge < -0.3 is 29.3 Å². The van der Waals surface area contributed by atoms with E-state index in [2.05, 4.69) is 27.7 Å². The van der Waals surface area contributed by atoms with Crippen LogP contribution in [0.2, 0.25) is 0 Å². The minimum Gasteiger partial charge on any atom is -0.550 e. The van der Waals surface area contributed by atoms with Gasteiger partial charge in [0.15, 0.2) is 0 Å². The topological polar surface area (TPSA) is 133 Å². The molecule has 0 aromatic heterocycles. The minimum absolute atomic E-state index is 0. The van der Waals surface area contributed by atoms with E-state index in [-0.39, 0.29) is 74.7 Å². The van der Waals surface area contributed by atoms with Crippen LogP contribution in [-0.4, -0.2) is 73.8 Å². The number of esters is 2. The number of carboxylic acid groups (broad SMARTS) is 2. The molecule has 0 radical (unpaired) electrons. The molecule has 0 spiro atoms. The molecule has 71 heavy (non-hydrogen) atoms. The molecule has 0 N–H and O–H groups in total. The zero-order valence-electron chi connectivity index (χ0n) is 47.9. The monoisotopic (exact) mass is 1030 g/mol. The third-order valence-corrected chi connectivity index (χ3v) is 14.1. The van der Waals surface area contributed by atoms with Gasteiger partial charge in [0.05, 0.1) is 0 Å². The first-order valence-electron chi connectivity index (χ1n) is 31.0. The minimum atomic E-state index is -0.932. The number of carboxylic acids is 2. The van der Waals surface area contributed by atoms with Gasteiger partial charge in [-0.2, -0.15) is 0 Å². The van der Waals surface area contributed by atoms with E-state index < -0.39 is 11.9 Å². The summed E-state index contributed by atoms with van der Waals surface area (Å²) in [7, 11) is 0. The van der Waals surface area contributed by atoms with Crippen molar-refractivity contribution in [2.45, 2.75) is 374 Å². The number of aliphatic carboxylic acids is 2. The molecule has 0 aliphatic carbocycles. The van der Waals surface area contributed by atoms with E-state index in [1.165, 1.54) is 193 Å². The summed E-state index contributed by atoms with van der Waals surface area (Å²) in [5, 5.41) is 20.8. The molecule has 0 heterocycles. The second kappa shape index (κ2) is 63.4. The molecule has 0 aromatic rings. The van der Waals surface area contributed by atoms with Crippen molar-refractivity contribution in [2.24, 2.45) is 0 Å². The number of carbonyl (C=O) groups excluding carboxylic acids is 4. The number of rotatable bonds is 56. The molecule has 0 saturated carbocycles. The van der Waals surface area contributed by atoms with Crippen molar-refractivity contribution in [3.05, 3.63) is 0 Å². The first-order chi connectivity index (χ1) is 34.2. The second-order valence-corrected chi connectivity index (χ2v) is 21.3. The van der Waals surface area contributed by atoms with Crippen LogP contribution in [0.15, 0.2) is 0 Å². The molecular weight excluding hydrogens is 913 g/mol. The van der Waals surface area contributed by atoms with Gasteiger partial charge in [0.25, 0.3) is 0 Å². The fourth-order valence-corrected chi connectivity index (χ4v) is 9.53. The summed E-state index contributed by atoms with van der Waals surface area (Å²) >= 11 is 0. The maximum absolute atomic E-state index is 12.4. The molecule has 416 valence electrons. The molecule has 8 nitrogen and oxygen atoms in total. The van der Waals surface area contributed by atoms with Crippen LogP contribution < -0.4 is 10.2 Å². The predicted molar refractivity (Wildman–Crippen MR) is 298 cm³/mol. The maximum Gasteiger partial charge on any atom is 2.00 e. The molecule has 0 bridgehead atoms. The number of ether oxygens (including phenoxy) is 2. The molecule has 2 atom stereocenters. The molecule has 9 heteroatoms. The van der Waals surface area contributed by atoms with Gasteiger partial charge in [-0.05, 0) is 89.9 Å². The van der Waals surface area contributed by atoms with E-state index in [1.54, 1.807) is 0 Å². The first-order valence-corrected chi connectivity index (χ1v) is 31.0. The van der Waals surface area contributed by atoms with Crippen molar-refractivity contribution < 1.29 is 38.9 Å². The fraction of sp³-hybridized carbons (Fsp3) is 0.935. The van der Waals surface area contributed by atoms with E-state index in [0.717, 1.165) is 116 Å². The number of hydrogen-bond donors (Lipinski definition) is 0. The Bertz CT molecular complexity index is 1020. The molecule has 0 saturated heterocycles. The summed E-state index contributed by atoms with van der Waals surface area (Å²) in [5.41, 5.74) is 0. The average Bonchev–Trinajstić information content (AvgIpc) is 3.33. The summed E-state index contributed by atoms with van der Waals surface area (Å²) in [5.74, 6) is -1.83. The molecule has 0 aromatic carbocycles. The van der Waals surface area contributed by atoms with Crippen molar-refractivity contribution in [1.82, 2.24) is 0 Å². The van der Waals surface area contributed by atoms with Crippen molar-refractivity contribution in [3.8, 4) is 0 Å². The van der Waals surface area contributed by atoms with Crippen LogP contribution in [0.25, 0.3) is 0 Å². The molecular formula is C62H118CaO8. The summed E-state index contributed by atoms with van der Waals surface area (Å²) in [6.07, 6.45) is 58.8. The quantitative estimate of drug-likeness (QED) is 0.0334. The van der Waals surface area contributed by atoms with E-state index in [1.807, 2.05) is 0 Å². The summed E-state index contributed by atoms with van der Waals surface area (Å²) in [6.45, 7) is 8.98. The third kappa shape index (κ3) is 65.2. The largest absolute Gasteiger partial charge is 2.00 e. The van der Waals surface area contributed by atoms with Gasteiger partial charge >= 0.3 is 49.7 Å². The van der Waals surface area contributed by atoms with Gasteiger partial charge in [0.2, 0.25) is 0 Å². The maximum atomic E-state index is 12.4. The van der Waals surface area contributed by atoms with Gasteiger partial charge in [-0.1, -0.05) is 259 Å². The van der Waals surface area contributed by atoms with Crippen LogP contribution in [0.5, 0.6) is 0 Å². The standard InChI is InChI=1S/2C31H60O4.Ca/c2*1-3-5-7-9-10-11-12-17-20-24-28-31(34)35-29(25-21-8-6-4-2)26-22-18-15-13-14-16-19-23-27-30(32)33;/h2*29H,3-28H2,1-2H3,(H,32,33);/q;;+2/p-2. The smallest absolute Gasteiger partial charge is 0.550 e. The van der Waals surface area contributed by atoms with Crippen molar-refractivity contribution in [2.75, 3.05) is 0 Å². The molecule has 0 rings (SSSR count). The molecule has 0 aliphatic heterocycles. The van der Waals surface area contributed by atoms with Crippen LogP contribution in [0, 0.1) is 0 Å². The number of hydrogen-bond acceptors (Lipinski definition) is 8. The Balaban J connectivity index is -0.00000128. The zero-order chi connectivity index (χ0) is 51.6. The Hall–Kier alpha value is -0.860. The summed E-state index contributed by atoms with van der Waals surface area (Å²) < 4.78 is 11.8. The number of unbranched alkanes of at least 4 members (excludes halogenated alkanes) is 38. The Morgan fingerprint density at radius 1 is 0.268 bits per heavy atom. The van der Waals surface area contributed by atoms with Crippen LogP contribution in [0.1, 0.15) is 362 Å². The van der Waals surface area contributed by atoms with Crippen LogP contribution in [0.4, 0.5) is 0 Å². The van der Waals surface area contributed by atoms with Gasteiger partial charge in [0, 0.05) is 24.8 Å². The van der Waals surface area contributed by atoms with Gasteiger partial charge in [-0.25, -0.2) is 0 Å². The molecule has 0 aliphatic rings. The van der Waals surface area contributed by atoms with E-state index in [0.29, 0.717) is 12.8 Å². The molecule has 0 amide bonds. The molecule has 2 unspecified atom stereocenters. The fourth-order valence-electron chi connectivity index (χ4n) is 9.53. The van der Waals surface area contributed by atoms with Gasteiger partial charge in [0.1, 0.15) is 12.2 Å². The Morgan fingerprint density at radius 2 is 0.437 bits per heavy atom. The average molecular weight is 1030 g/mol. The Labute approximate surface area is 471 Å². The molecule has 0 fully saturated rings. The second-order valence-electron chi connectivity index (χ2n) is 21.3. The van der Waals surface area contributed by atoms with Gasteiger partial charge in [-0.3, -0.25) is 9.59 Å². The third-order valence-electron chi connectivity index (χ3n) is 14.1. The Morgan fingerprint density at radius 3 is 0.648 bits per heavy atom. The number of carbonyl (C=O) groups is 4. The van der Waals surface area contributed by atoms with Gasteiger partial charge in [-0.15, -0.1) is 0 Å².